The highest BCUT2D eigenvalue weighted by Crippen LogP contribution is 2.39. The number of benzene rings is 2. The van der Waals surface area contributed by atoms with Crippen LogP contribution in [0.1, 0.15) is 65.2 Å². The number of ether oxygens (including phenoxy) is 2. The fraction of sp³-hybridized carbons (Fsp3) is 0.444. The molecule has 2 aliphatic rings. The number of fused-ring (bicyclic) bond motifs is 1. The Bertz CT molecular complexity index is 1130. The summed E-state index contributed by atoms with van der Waals surface area (Å²) in [7, 11) is 1.73. The smallest absolute Gasteiger partial charge is 0.335 e. The molecular formula is C27H32N2O4. The first-order valence-corrected chi connectivity index (χ1v) is 11.9. The molecule has 1 aliphatic heterocycles. The van der Waals surface area contributed by atoms with E-state index in [0.29, 0.717) is 11.7 Å². The number of aromatic nitrogens is 1. The maximum atomic E-state index is 11.4. The van der Waals surface area contributed by atoms with Gasteiger partial charge in [-0.25, -0.2) is 4.79 Å². The van der Waals surface area contributed by atoms with Gasteiger partial charge in [-0.3, -0.25) is 4.90 Å². The van der Waals surface area contributed by atoms with Crippen molar-refractivity contribution in [1.82, 2.24) is 9.88 Å². The Hall–Kier alpha value is -2.83. The summed E-state index contributed by atoms with van der Waals surface area (Å²) >= 11 is 0. The lowest BCUT2D eigenvalue weighted by atomic mass is 9.90. The van der Waals surface area contributed by atoms with E-state index in [-0.39, 0.29) is 12.1 Å². The maximum Gasteiger partial charge on any atom is 0.335 e. The van der Waals surface area contributed by atoms with E-state index in [0.717, 1.165) is 42.8 Å². The van der Waals surface area contributed by atoms with Crippen LogP contribution in [0.2, 0.25) is 0 Å². The van der Waals surface area contributed by atoms with E-state index in [1.54, 1.807) is 19.2 Å². The topological polar surface area (TPSA) is 74.8 Å². The van der Waals surface area contributed by atoms with Crippen LogP contribution in [0.25, 0.3) is 10.9 Å². The van der Waals surface area contributed by atoms with Crippen molar-refractivity contribution in [3.05, 3.63) is 64.8 Å². The summed E-state index contributed by atoms with van der Waals surface area (Å²) in [6.45, 7) is 3.78. The summed E-state index contributed by atoms with van der Waals surface area (Å²) in [4.78, 5) is 17.2. The molecule has 33 heavy (non-hydrogen) atoms. The Morgan fingerprint density at radius 3 is 2.61 bits per heavy atom. The number of aromatic carboxylic acids is 1. The third kappa shape index (κ3) is 4.37. The molecule has 2 unspecified atom stereocenters. The number of hydrogen-bond acceptors (Lipinski definition) is 4. The number of rotatable bonds is 7. The standard InChI is InChI=1S/C27H32N2O4/c1-17-14-25(32-2)23(22-10-12-28-26(17)22)16-29-13-11-21(33-20-4-3-5-20)15-24(29)18-6-8-19(9-7-18)27(30)31/h6-10,12,14,20-21,24,28H,3-5,11,13,15-16H2,1-2H3,(H,30,31). The molecule has 6 nitrogen and oxygen atoms in total. The Morgan fingerprint density at radius 1 is 1.15 bits per heavy atom. The van der Waals surface area contributed by atoms with Crippen LogP contribution in [0.4, 0.5) is 0 Å². The largest absolute Gasteiger partial charge is 0.496 e. The van der Waals surface area contributed by atoms with E-state index in [1.807, 2.05) is 18.3 Å². The first-order valence-electron chi connectivity index (χ1n) is 11.9. The minimum atomic E-state index is -0.896. The molecule has 2 fully saturated rings. The molecule has 5 rings (SSSR count). The van der Waals surface area contributed by atoms with Gasteiger partial charge in [0.15, 0.2) is 0 Å². The molecule has 174 valence electrons. The van der Waals surface area contributed by atoms with Gasteiger partial charge >= 0.3 is 5.97 Å². The number of aromatic amines is 1. The fourth-order valence-corrected chi connectivity index (χ4v) is 5.25. The molecule has 1 saturated heterocycles. The number of nitrogens with one attached hydrogen (secondary N) is 1. The lowest BCUT2D eigenvalue weighted by Gasteiger charge is -2.42. The molecule has 0 spiro atoms. The third-order valence-corrected chi connectivity index (χ3v) is 7.34. The Balaban J connectivity index is 1.46. The number of nitrogens with zero attached hydrogens (tertiary/aromatic N) is 1. The highest BCUT2D eigenvalue weighted by Gasteiger charge is 2.33. The number of piperidine rings is 1. The summed E-state index contributed by atoms with van der Waals surface area (Å²) in [6, 6.07) is 11.7. The van der Waals surface area contributed by atoms with Gasteiger partial charge in [-0.2, -0.15) is 0 Å². The second kappa shape index (κ2) is 9.20. The van der Waals surface area contributed by atoms with Crippen molar-refractivity contribution in [3.8, 4) is 5.75 Å². The number of hydrogen-bond donors (Lipinski definition) is 2. The normalized spacial score (nSPS) is 21.8. The van der Waals surface area contributed by atoms with Crippen molar-refractivity contribution >= 4 is 16.9 Å². The minimum absolute atomic E-state index is 0.159. The number of carboxylic acid groups (broad SMARTS) is 1. The highest BCUT2D eigenvalue weighted by molar-refractivity contribution is 5.88. The van der Waals surface area contributed by atoms with Crippen molar-refractivity contribution in [2.45, 2.75) is 63.8 Å². The average Bonchev–Trinajstić information content (AvgIpc) is 3.29. The molecule has 2 aromatic carbocycles. The molecule has 1 saturated carbocycles. The Kier molecular flexibility index (Phi) is 6.13. The van der Waals surface area contributed by atoms with Gasteiger partial charge in [0.1, 0.15) is 5.75 Å². The van der Waals surface area contributed by atoms with Crippen molar-refractivity contribution < 1.29 is 19.4 Å². The second-order valence-corrected chi connectivity index (χ2v) is 9.39. The van der Waals surface area contributed by atoms with E-state index in [2.05, 4.69) is 28.9 Å². The number of aryl methyl sites for hydroxylation is 1. The number of carboxylic acids is 1. The third-order valence-electron chi connectivity index (χ3n) is 7.34. The number of likely N-dealkylation sites (tertiary alicyclic amines) is 1. The van der Waals surface area contributed by atoms with Crippen LogP contribution in [-0.2, 0) is 11.3 Å². The van der Waals surface area contributed by atoms with Gasteiger partial charge in [0.05, 0.1) is 24.9 Å². The van der Waals surface area contributed by atoms with Crippen LogP contribution < -0.4 is 4.74 Å². The van der Waals surface area contributed by atoms with Gasteiger partial charge < -0.3 is 19.6 Å². The van der Waals surface area contributed by atoms with E-state index in [1.165, 1.54) is 35.8 Å². The molecule has 3 aromatic rings. The molecule has 6 heteroatoms. The molecule has 1 aliphatic carbocycles. The van der Waals surface area contributed by atoms with Crippen LogP contribution in [-0.4, -0.2) is 46.8 Å². The fourth-order valence-electron chi connectivity index (χ4n) is 5.25. The molecule has 2 atom stereocenters. The summed E-state index contributed by atoms with van der Waals surface area (Å²) in [5.74, 6) is 0.0138. The Morgan fingerprint density at radius 2 is 1.94 bits per heavy atom. The van der Waals surface area contributed by atoms with E-state index < -0.39 is 5.97 Å². The summed E-state index contributed by atoms with van der Waals surface area (Å²) in [5, 5.41) is 10.5. The maximum absolute atomic E-state index is 11.4. The zero-order valence-corrected chi connectivity index (χ0v) is 19.3. The van der Waals surface area contributed by atoms with Crippen LogP contribution in [0.15, 0.2) is 42.6 Å². The molecule has 1 aromatic heterocycles. The van der Waals surface area contributed by atoms with Gasteiger partial charge in [-0.1, -0.05) is 12.1 Å². The van der Waals surface area contributed by atoms with E-state index in [9.17, 15) is 9.90 Å². The molecular weight excluding hydrogens is 416 g/mol. The summed E-state index contributed by atoms with van der Waals surface area (Å²) in [6.07, 6.45) is 8.16. The van der Waals surface area contributed by atoms with Gasteiger partial charge in [-0.05, 0) is 74.4 Å². The van der Waals surface area contributed by atoms with Crippen LogP contribution in [0.3, 0.4) is 0 Å². The van der Waals surface area contributed by atoms with Crippen molar-refractivity contribution in [2.75, 3.05) is 13.7 Å². The summed E-state index contributed by atoms with van der Waals surface area (Å²) in [5.41, 5.74) is 4.96. The monoisotopic (exact) mass is 448 g/mol. The first kappa shape index (κ1) is 22.0. The Labute approximate surface area is 194 Å². The van der Waals surface area contributed by atoms with E-state index in [4.69, 9.17) is 9.47 Å². The van der Waals surface area contributed by atoms with Gasteiger partial charge in [0, 0.05) is 41.8 Å². The van der Waals surface area contributed by atoms with Crippen molar-refractivity contribution in [2.24, 2.45) is 0 Å². The van der Waals surface area contributed by atoms with E-state index >= 15 is 0 Å². The van der Waals surface area contributed by atoms with Crippen molar-refractivity contribution in [1.29, 1.82) is 0 Å². The number of carbonyl (C=O) groups is 1. The van der Waals surface area contributed by atoms with Crippen LogP contribution >= 0.6 is 0 Å². The first-order chi connectivity index (χ1) is 16.0. The zero-order chi connectivity index (χ0) is 22.9. The number of H-pyrrole nitrogens is 1. The average molecular weight is 449 g/mol. The van der Waals surface area contributed by atoms with Crippen LogP contribution in [0.5, 0.6) is 5.75 Å². The lowest BCUT2D eigenvalue weighted by molar-refractivity contribution is -0.0866. The molecule has 2 heterocycles. The number of methoxy groups -OCH3 is 1. The molecule has 2 N–H and O–H groups in total. The molecule has 0 radical (unpaired) electrons. The predicted octanol–water partition coefficient (Wildman–Crippen LogP) is 5.46. The van der Waals surface area contributed by atoms with Crippen LogP contribution in [0, 0.1) is 6.92 Å². The molecule has 0 bridgehead atoms. The SMILES string of the molecule is COc1cc(C)c2[nH]ccc2c1CN1CCC(OC2CCC2)CC1c1ccc(C(=O)O)cc1. The van der Waals surface area contributed by atoms with Crippen molar-refractivity contribution in [3.63, 3.8) is 0 Å². The highest BCUT2D eigenvalue weighted by atomic mass is 16.5. The van der Waals surface area contributed by atoms with Gasteiger partial charge in [0.2, 0.25) is 0 Å². The second-order valence-electron chi connectivity index (χ2n) is 9.39. The lowest BCUT2D eigenvalue weighted by Crippen LogP contribution is -2.41. The van der Waals surface area contributed by atoms with Gasteiger partial charge in [-0.15, -0.1) is 0 Å². The predicted molar refractivity (Wildman–Crippen MR) is 128 cm³/mol. The summed E-state index contributed by atoms with van der Waals surface area (Å²) < 4.78 is 12.2. The quantitative estimate of drug-likeness (QED) is 0.502. The van der Waals surface area contributed by atoms with Gasteiger partial charge in [0.25, 0.3) is 0 Å². The zero-order valence-electron chi connectivity index (χ0n) is 19.3. The minimum Gasteiger partial charge on any atom is -0.496 e. The molecule has 0 amide bonds.